The van der Waals surface area contributed by atoms with Crippen molar-refractivity contribution in [3.05, 3.63) is 96.9 Å². The van der Waals surface area contributed by atoms with Gasteiger partial charge in [0.25, 0.3) is 11.5 Å². The number of halogens is 2. The van der Waals surface area contributed by atoms with E-state index in [2.05, 4.69) is 15.9 Å². The molecule has 7 nitrogen and oxygen atoms in total. The molecule has 0 fully saturated rings. The highest BCUT2D eigenvalue weighted by Crippen LogP contribution is 2.33. The maximum atomic E-state index is 14.2. The van der Waals surface area contributed by atoms with Gasteiger partial charge in [-0.2, -0.15) is 0 Å². The first-order chi connectivity index (χ1) is 18.3. The second-order valence-corrected chi connectivity index (χ2v) is 11.3. The van der Waals surface area contributed by atoms with Crippen LogP contribution in [0.5, 0.6) is 0 Å². The van der Waals surface area contributed by atoms with Crippen LogP contribution in [-0.2, 0) is 6.54 Å². The number of rotatable bonds is 8. The van der Waals surface area contributed by atoms with Crippen LogP contribution in [0, 0.1) is 11.7 Å². The van der Waals surface area contributed by atoms with Crippen molar-refractivity contribution in [2.45, 2.75) is 26.4 Å². The largest absolute Gasteiger partial charge is 0.448 e. The zero-order chi connectivity index (χ0) is 27.0. The van der Waals surface area contributed by atoms with Crippen LogP contribution in [-0.4, -0.2) is 33.4 Å². The van der Waals surface area contributed by atoms with Gasteiger partial charge in [-0.15, -0.1) is 11.3 Å². The Labute approximate surface area is 230 Å². The van der Waals surface area contributed by atoms with Crippen LogP contribution in [0.1, 0.15) is 40.9 Å². The first-order valence-corrected chi connectivity index (χ1v) is 13.9. The highest BCUT2D eigenvalue weighted by atomic mass is 79.9. The number of carbonyl (C=O) groups is 1. The van der Waals surface area contributed by atoms with Crippen molar-refractivity contribution in [1.29, 1.82) is 0 Å². The van der Waals surface area contributed by atoms with Crippen LogP contribution in [0.15, 0.2) is 73.7 Å². The molecule has 0 aliphatic carbocycles. The number of hydrogen-bond donors (Lipinski definition) is 1. The Bertz CT molecular complexity index is 1660. The molecule has 3 heterocycles. The summed E-state index contributed by atoms with van der Waals surface area (Å²) in [6, 6.07) is 14.5. The van der Waals surface area contributed by atoms with Crippen LogP contribution < -0.4 is 11.3 Å². The average molecular weight is 598 g/mol. The Morgan fingerprint density at radius 2 is 1.97 bits per heavy atom. The minimum Gasteiger partial charge on any atom is -0.448 e. The molecule has 1 amide bonds. The van der Waals surface area contributed by atoms with Gasteiger partial charge in [-0.3, -0.25) is 14.2 Å². The quantitative estimate of drug-likeness (QED) is 0.239. The fourth-order valence-corrected chi connectivity index (χ4v) is 5.67. The summed E-state index contributed by atoms with van der Waals surface area (Å²) >= 11 is 4.93. The number of amides is 1. The van der Waals surface area contributed by atoms with E-state index in [1.807, 2.05) is 31.4 Å². The number of benzene rings is 2. The smallest absolute Gasteiger partial charge is 0.297 e. The zero-order valence-electron chi connectivity index (χ0n) is 20.9. The summed E-state index contributed by atoms with van der Waals surface area (Å²) in [5.74, 6) is -0.407. The molecule has 5 aromatic rings. The number of aromatic nitrogens is 2. The fraction of sp³-hybridized carbons (Fsp3) is 0.250. The van der Waals surface area contributed by atoms with E-state index in [0.717, 1.165) is 9.35 Å². The third-order valence-electron chi connectivity index (χ3n) is 6.41. The van der Waals surface area contributed by atoms with Crippen molar-refractivity contribution in [3.63, 3.8) is 0 Å². The highest BCUT2D eigenvalue weighted by Gasteiger charge is 2.33. The number of carbonyl (C=O) groups excluding carboxylic acids is 1. The summed E-state index contributed by atoms with van der Waals surface area (Å²) < 4.78 is 22.5. The van der Waals surface area contributed by atoms with Crippen LogP contribution in [0.2, 0.25) is 0 Å². The van der Waals surface area contributed by atoms with Crippen molar-refractivity contribution >= 4 is 55.2 Å². The number of nitrogens with two attached hydrogens (primary N) is 1. The van der Waals surface area contributed by atoms with E-state index in [-0.39, 0.29) is 48.1 Å². The van der Waals surface area contributed by atoms with Gasteiger partial charge in [0.05, 0.1) is 12.6 Å². The van der Waals surface area contributed by atoms with Gasteiger partial charge in [0.2, 0.25) is 5.58 Å². The van der Waals surface area contributed by atoms with Gasteiger partial charge in [0, 0.05) is 33.4 Å². The molecule has 38 heavy (non-hydrogen) atoms. The van der Waals surface area contributed by atoms with Crippen molar-refractivity contribution in [1.82, 2.24) is 14.5 Å². The van der Waals surface area contributed by atoms with E-state index in [0.29, 0.717) is 22.4 Å². The number of fused-ring (bicyclic) bond motifs is 3. The van der Waals surface area contributed by atoms with Crippen molar-refractivity contribution < 1.29 is 13.6 Å². The van der Waals surface area contributed by atoms with E-state index in [9.17, 15) is 14.0 Å². The van der Waals surface area contributed by atoms with E-state index < -0.39 is 11.9 Å². The maximum Gasteiger partial charge on any atom is 0.297 e. The zero-order valence-corrected chi connectivity index (χ0v) is 23.3. The van der Waals surface area contributed by atoms with Crippen LogP contribution >= 0.6 is 27.3 Å². The van der Waals surface area contributed by atoms with Gasteiger partial charge in [-0.25, -0.2) is 9.37 Å². The van der Waals surface area contributed by atoms with E-state index in [4.69, 9.17) is 15.1 Å². The van der Waals surface area contributed by atoms with E-state index >= 15 is 0 Å². The first-order valence-electron chi connectivity index (χ1n) is 12.2. The van der Waals surface area contributed by atoms with Crippen LogP contribution in [0.4, 0.5) is 4.39 Å². The molecule has 0 saturated carbocycles. The molecule has 2 N–H and O–H groups in total. The summed E-state index contributed by atoms with van der Waals surface area (Å²) in [5, 5.41) is 2.35. The van der Waals surface area contributed by atoms with Crippen LogP contribution in [0.3, 0.4) is 0 Å². The van der Waals surface area contributed by atoms with Gasteiger partial charge >= 0.3 is 0 Å². The summed E-state index contributed by atoms with van der Waals surface area (Å²) in [6.45, 7) is 4.69. The second-order valence-electron chi connectivity index (χ2n) is 9.34. The molecule has 5 rings (SSSR count). The SMILES string of the molecule is CC(C)[C@H](c1nc2c(oc3ccc(F)cc32)c(=O)n1Cc1cccs1)N(CCN)C(=O)c1ccc(Br)cc1. The third-order valence-corrected chi connectivity index (χ3v) is 7.80. The van der Waals surface area contributed by atoms with Gasteiger partial charge < -0.3 is 15.1 Å². The minimum atomic E-state index is -0.592. The third kappa shape index (κ3) is 4.91. The van der Waals surface area contributed by atoms with E-state index in [1.165, 1.54) is 29.5 Å². The lowest BCUT2D eigenvalue weighted by Gasteiger charge is -2.35. The topological polar surface area (TPSA) is 94.4 Å². The maximum absolute atomic E-state index is 14.2. The van der Waals surface area contributed by atoms with Crippen molar-refractivity contribution in [3.8, 4) is 0 Å². The predicted molar refractivity (Wildman–Crippen MR) is 151 cm³/mol. The summed E-state index contributed by atoms with van der Waals surface area (Å²) in [4.78, 5) is 35.3. The molecular weight excluding hydrogens is 571 g/mol. The number of hydrogen-bond acceptors (Lipinski definition) is 6. The molecule has 0 aliphatic heterocycles. The summed E-state index contributed by atoms with van der Waals surface area (Å²) in [5.41, 5.74) is 6.79. The van der Waals surface area contributed by atoms with Gasteiger partial charge in [-0.05, 0) is 59.8 Å². The Hall–Kier alpha value is -3.34. The molecule has 0 bridgehead atoms. The fourth-order valence-electron chi connectivity index (χ4n) is 4.71. The lowest BCUT2D eigenvalue weighted by molar-refractivity contribution is 0.0612. The minimum absolute atomic E-state index is 0.0537. The number of furan rings is 1. The van der Waals surface area contributed by atoms with Crippen molar-refractivity contribution in [2.24, 2.45) is 11.7 Å². The van der Waals surface area contributed by atoms with Gasteiger partial charge in [-0.1, -0.05) is 35.8 Å². The Morgan fingerprint density at radius 3 is 2.63 bits per heavy atom. The Kier molecular flexibility index (Phi) is 7.47. The first kappa shape index (κ1) is 26.3. The van der Waals surface area contributed by atoms with E-state index in [1.54, 1.807) is 33.7 Å². The predicted octanol–water partition coefficient (Wildman–Crippen LogP) is 5.95. The van der Waals surface area contributed by atoms with Crippen molar-refractivity contribution in [2.75, 3.05) is 13.1 Å². The summed E-state index contributed by atoms with van der Waals surface area (Å²) in [7, 11) is 0. The number of thiophene rings is 1. The number of nitrogens with zero attached hydrogens (tertiary/aromatic N) is 3. The molecule has 0 saturated heterocycles. The molecule has 196 valence electrons. The lowest BCUT2D eigenvalue weighted by Crippen LogP contribution is -2.43. The normalized spacial score (nSPS) is 12.5. The molecule has 10 heteroatoms. The molecule has 2 aromatic carbocycles. The monoisotopic (exact) mass is 596 g/mol. The standard InChI is InChI=1S/C28H26BrFN4O3S/c1-16(2)24(33(12-11-31)27(35)17-5-7-18(29)8-6-17)26-32-23-21-14-19(30)9-10-22(21)37-25(23)28(36)34(26)15-20-4-3-13-38-20/h3-10,13-14,16,24H,11-12,15,31H2,1-2H3/t24-/m1/s1. The molecule has 0 aliphatic rings. The highest BCUT2D eigenvalue weighted by molar-refractivity contribution is 9.10. The van der Waals surface area contributed by atoms with Gasteiger partial charge in [0.15, 0.2) is 0 Å². The Morgan fingerprint density at radius 1 is 1.21 bits per heavy atom. The molecule has 1 atom stereocenters. The molecule has 3 aromatic heterocycles. The second kappa shape index (κ2) is 10.8. The molecule has 0 spiro atoms. The van der Waals surface area contributed by atoms with Gasteiger partial charge in [0.1, 0.15) is 22.7 Å². The summed E-state index contributed by atoms with van der Waals surface area (Å²) in [6.07, 6.45) is 0. The molecular formula is C28H26BrFN4O3S. The molecule has 0 radical (unpaired) electrons. The lowest BCUT2D eigenvalue weighted by atomic mass is 9.99. The van der Waals surface area contributed by atoms with Crippen LogP contribution in [0.25, 0.3) is 22.1 Å². The Balaban J connectivity index is 1.76. The average Bonchev–Trinajstić information content (AvgIpc) is 3.53. The molecule has 0 unspecified atom stereocenters.